The molecule has 0 radical (unpaired) electrons. The van der Waals surface area contributed by atoms with Crippen LogP contribution in [-0.4, -0.2) is 25.7 Å². The Morgan fingerprint density at radius 2 is 1.92 bits per heavy atom. The third-order valence-corrected chi connectivity index (χ3v) is 4.68. The van der Waals surface area contributed by atoms with Crippen molar-refractivity contribution >= 4 is 40.4 Å². The van der Waals surface area contributed by atoms with Crippen LogP contribution in [0.15, 0.2) is 30.3 Å². The van der Waals surface area contributed by atoms with E-state index in [1.807, 2.05) is 31.2 Å². The third-order valence-electron chi connectivity index (χ3n) is 3.19. The molecule has 0 unspecified atom stereocenters. The summed E-state index contributed by atoms with van der Waals surface area (Å²) in [5.74, 6) is -0.235. The van der Waals surface area contributed by atoms with Crippen LogP contribution in [0, 0.1) is 0 Å². The molecule has 1 amide bonds. The average Bonchev–Trinajstić information content (AvgIpc) is 2.91. The molecule has 0 aliphatic heterocycles. The van der Waals surface area contributed by atoms with Crippen LogP contribution < -0.4 is 5.32 Å². The van der Waals surface area contributed by atoms with Crippen molar-refractivity contribution in [2.45, 2.75) is 20.1 Å². The van der Waals surface area contributed by atoms with Gasteiger partial charge in [-0.15, -0.1) is 11.3 Å². The van der Waals surface area contributed by atoms with E-state index in [0.717, 1.165) is 11.1 Å². The number of amides is 1. The second-order valence-electron chi connectivity index (χ2n) is 4.99. The number of carbonyl (C=O) groups excluding carboxylic acids is 1. The maximum Gasteiger partial charge on any atom is 0.253 e. The summed E-state index contributed by atoms with van der Waals surface area (Å²) in [5.41, 5.74) is 2.45. The number of thiophene rings is 1. The molecule has 0 saturated carbocycles. The normalized spacial score (nSPS) is 10.8. The van der Waals surface area contributed by atoms with Gasteiger partial charge in [0.15, 0.2) is 0 Å². The number of ether oxygens (including phenoxy) is 2. The SMILES string of the molecule is CCOCCOCc1cccc(CNC(=O)c2cc(Cl)sc2Cl)c1. The third kappa shape index (κ3) is 6.07. The molecule has 0 aliphatic carbocycles. The Labute approximate surface area is 155 Å². The molecule has 0 bridgehead atoms. The molecule has 1 aromatic carbocycles. The zero-order valence-corrected chi connectivity index (χ0v) is 15.6. The Balaban J connectivity index is 1.83. The summed E-state index contributed by atoms with van der Waals surface area (Å²) in [5, 5.41) is 2.84. The van der Waals surface area contributed by atoms with Crippen molar-refractivity contribution in [2.75, 3.05) is 19.8 Å². The summed E-state index contributed by atoms with van der Waals surface area (Å²) < 4.78 is 11.7. The number of carbonyl (C=O) groups is 1. The Bertz CT molecular complexity index is 676. The van der Waals surface area contributed by atoms with Gasteiger partial charge in [0.05, 0.1) is 29.7 Å². The van der Waals surface area contributed by atoms with E-state index >= 15 is 0 Å². The fourth-order valence-electron chi connectivity index (χ4n) is 2.05. The van der Waals surface area contributed by atoms with Crippen molar-refractivity contribution < 1.29 is 14.3 Å². The van der Waals surface area contributed by atoms with Crippen LogP contribution in [0.3, 0.4) is 0 Å². The van der Waals surface area contributed by atoms with Crippen LogP contribution in [-0.2, 0) is 22.6 Å². The van der Waals surface area contributed by atoms with Gasteiger partial charge in [0, 0.05) is 13.2 Å². The van der Waals surface area contributed by atoms with E-state index < -0.39 is 0 Å². The highest BCUT2D eigenvalue weighted by atomic mass is 35.5. The van der Waals surface area contributed by atoms with Crippen LogP contribution >= 0.6 is 34.5 Å². The summed E-state index contributed by atoms with van der Waals surface area (Å²) in [6.45, 7) is 4.73. The number of benzene rings is 1. The van der Waals surface area contributed by atoms with Crippen molar-refractivity contribution in [1.29, 1.82) is 0 Å². The van der Waals surface area contributed by atoms with Gasteiger partial charge in [-0.3, -0.25) is 4.79 Å². The van der Waals surface area contributed by atoms with Crippen LogP contribution in [0.2, 0.25) is 8.67 Å². The summed E-state index contributed by atoms with van der Waals surface area (Å²) in [4.78, 5) is 12.1. The molecule has 1 heterocycles. The van der Waals surface area contributed by atoms with Crippen molar-refractivity contribution in [2.24, 2.45) is 0 Å². The summed E-state index contributed by atoms with van der Waals surface area (Å²) in [7, 11) is 0. The maximum absolute atomic E-state index is 12.1. The highest BCUT2D eigenvalue weighted by molar-refractivity contribution is 7.20. The largest absolute Gasteiger partial charge is 0.379 e. The van der Waals surface area contributed by atoms with Gasteiger partial charge in [0.25, 0.3) is 5.91 Å². The first-order valence-corrected chi connectivity index (χ1v) is 9.13. The fraction of sp³-hybridized carbons (Fsp3) is 0.353. The van der Waals surface area contributed by atoms with Gasteiger partial charge in [-0.2, -0.15) is 0 Å². The lowest BCUT2D eigenvalue weighted by Gasteiger charge is -2.08. The smallest absolute Gasteiger partial charge is 0.253 e. The van der Waals surface area contributed by atoms with Crippen LogP contribution in [0.1, 0.15) is 28.4 Å². The summed E-state index contributed by atoms with van der Waals surface area (Å²) in [6, 6.07) is 9.46. The van der Waals surface area contributed by atoms with Gasteiger partial charge in [-0.1, -0.05) is 47.5 Å². The van der Waals surface area contributed by atoms with Gasteiger partial charge in [-0.05, 0) is 24.1 Å². The molecule has 4 nitrogen and oxygen atoms in total. The van der Waals surface area contributed by atoms with Gasteiger partial charge in [0.1, 0.15) is 4.34 Å². The Hall–Kier alpha value is -1.11. The molecule has 24 heavy (non-hydrogen) atoms. The lowest BCUT2D eigenvalue weighted by molar-refractivity contribution is 0.0453. The molecule has 130 valence electrons. The highest BCUT2D eigenvalue weighted by Gasteiger charge is 2.13. The lowest BCUT2D eigenvalue weighted by Crippen LogP contribution is -2.22. The lowest BCUT2D eigenvalue weighted by atomic mass is 10.1. The Morgan fingerprint density at radius 1 is 1.17 bits per heavy atom. The maximum atomic E-state index is 12.1. The summed E-state index contributed by atoms with van der Waals surface area (Å²) >= 11 is 13.0. The van der Waals surface area contributed by atoms with Crippen molar-refractivity contribution in [3.63, 3.8) is 0 Å². The van der Waals surface area contributed by atoms with Crippen molar-refractivity contribution in [3.05, 3.63) is 55.7 Å². The van der Waals surface area contributed by atoms with E-state index in [2.05, 4.69) is 5.32 Å². The van der Waals surface area contributed by atoms with E-state index in [4.69, 9.17) is 32.7 Å². The molecule has 0 spiro atoms. The first kappa shape index (κ1) is 19.2. The molecule has 1 aromatic heterocycles. The van der Waals surface area contributed by atoms with Gasteiger partial charge >= 0.3 is 0 Å². The first-order valence-electron chi connectivity index (χ1n) is 7.56. The number of rotatable bonds is 9. The highest BCUT2D eigenvalue weighted by Crippen LogP contribution is 2.31. The van der Waals surface area contributed by atoms with Gasteiger partial charge in [-0.25, -0.2) is 0 Å². The van der Waals surface area contributed by atoms with Crippen LogP contribution in [0.5, 0.6) is 0 Å². The van der Waals surface area contributed by atoms with Crippen LogP contribution in [0.25, 0.3) is 0 Å². The molecule has 0 saturated heterocycles. The Morgan fingerprint density at radius 3 is 2.62 bits per heavy atom. The molecule has 0 aliphatic rings. The quantitative estimate of drug-likeness (QED) is 0.642. The monoisotopic (exact) mass is 387 g/mol. The van der Waals surface area contributed by atoms with E-state index in [0.29, 0.717) is 47.2 Å². The number of halogens is 2. The average molecular weight is 388 g/mol. The standard InChI is InChI=1S/C17H19Cl2NO3S/c1-2-22-6-7-23-11-13-5-3-4-12(8-13)10-20-17(21)14-9-15(18)24-16(14)19/h3-5,8-9H,2,6-7,10-11H2,1H3,(H,20,21). The molecule has 1 N–H and O–H groups in total. The molecule has 0 fully saturated rings. The van der Waals surface area contributed by atoms with E-state index in [1.54, 1.807) is 6.07 Å². The van der Waals surface area contributed by atoms with Gasteiger partial charge < -0.3 is 14.8 Å². The minimum Gasteiger partial charge on any atom is -0.379 e. The molecule has 2 rings (SSSR count). The predicted octanol–water partition coefficient (Wildman–Crippen LogP) is 4.54. The van der Waals surface area contributed by atoms with Crippen molar-refractivity contribution in [1.82, 2.24) is 5.32 Å². The zero-order chi connectivity index (χ0) is 17.4. The van der Waals surface area contributed by atoms with Gasteiger partial charge in [0.2, 0.25) is 0 Å². The number of nitrogens with one attached hydrogen (secondary N) is 1. The predicted molar refractivity (Wildman–Crippen MR) is 98.1 cm³/mol. The minimum absolute atomic E-state index is 0.235. The summed E-state index contributed by atoms with van der Waals surface area (Å²) in [6.07, 6.45) is 0. The molecule has 0 atom stereocenters. The molecular weight excluding hydrogens is 369 g/mol. The second-order valence-corrected chi connectivity index (χ2v) is 7.28. The van der Waals surface area contributed by atoms with Crippen LogP contribution in [0.4, 0.5) is 0 Å². The number of hydrogen-bond donors (Lipinski definition) is 1. The van der Waals surface area contributed by atoms with E-state index in [9.17, 15) is 4.79 Å². The van der Waals surface area contributed by atoms with Crippen molar-refractivity contribution in [3.8, 4) is 0 Å². The van der Waals surface area contributed by atoms with E-state index in [1.165, 1.54) is 11.3 Å². The minimum atomic E-state index is -0.235. The topological polar surface area (TPSA) is 47.6 Å². The Kier molecular flexibility index (Phi) is 8.02. The molecule has 2 aromatic rings. The number of hydrogen-bond acceptors (Lipinski definition) is 4. The fourth-order valence-corrected chi connectivity index (χ4v) is 3.51. The second kappa shape index (κ2) is 10.0. The zero-order valence-electron chi connectivity index (χ0n) is 13.3. The molecular formula is C17H19Cl2NO3S. The van der Waals surface area contributed by atoms with E-state index in [-0.39, 0.29) is 5.91 Å². The first-order chi connectivity index (χ1) is 11.6. The molecule has 7 heteroatoms.